The number of aromatic nitrogens is 4. The van der Waals surface area contributed by atoms with Gasteiger partial charge in [-0.1, -0.05) is 17.8 Å². The largest absolute Gasteiger partial charge is 0.365 e. The number of benzene rings is 1. The van der Waals surface area contributed by atoms with Crippen molar-refractivity contribution < 1.29 is 4.39 Å². The highest BCUT2D eigenvalue weighted by molar-refractivity contribution is 14.1. The maximum atomic E-state index is 13.0. The van der Waals surface area contributed by atoms with Gasteiger partial charge in [0.05, 0.1) is 9.26 Å². The Morgan fingerprint density at radius 3 is 2.94 bits per heavy atom. The van der Waals surface area contributed by atoms with Crippen molar-refractivity contribution in [2.45, 2.75) is 10.3 Å². The molecule has 1 N–H and O–H groups in total. The Labute approximate surface area is 115 Å². The van der Waals surface area contributed by atoms with Gasteiger partial charge in [0.15, 0.2) is 7.85 Å². The first-order chi connectivity index (χ1) is 8.09. The van der Waals surface area contributed by atoms with Crippen LogP contribution in [-0.2, 0) is 0 Å². The number of nitrogens with one attached hydrogen (secondary N) is 1. The zero-order chi connectivity index (χ0) is 12.4. The van der Waals surface area contributed by atoms with Gasteiger partial charge in [0, 0.05) is 4.90 Å². The lowest BCUT2D eigenvalue weighted by Gasteiger charge is -2.08. The SMILES string of the molecule is BC(F)Sc1cccc(-n2nn[nH]c2=O)c1I. The molecule has 0 bridgehead atoms. The Morgan fingerprint density at radius 2 is 2.35 bits per heavy atom. The fraction of sp³-hybridized carbons (Fsp3) is 0.125. The predicted molar refractivity (Wildman–Crippen MR) is 74.0 cm³/mol. The summed E-state index contributed by atoms with van der Waals surface area (Å²) in [6, 6.07) is 5.29. The second-order valence-electron chi connectivity index (χ2n) is 3.17. The van der Waals surface area contributed by atoms with E-state index in [1.165, 1.54) is 7.85 Å². The van der Waals surface area contributed by atoms with Gasteiger partial charge in [-0.2, -0.15) is 4.68 Å². The standard InChI is InChI=1S/C8H7BFIN4OS/c9-7(10)17-5-3-1-2-4(6(5)11)15-8(16)12-13-14-15/h1-3,7H,9H2,(H,12,14,16). The van der Waals surface area contributed by atoms with E-state index in [1.807, 2.05) is 0 Å². The van der Waals surface area contributed by atoms with Crippen molar-refractivity contribution in [1.29, 1.82) is 0 Å². The van der Waals surface area contributed by atoms with E-state index in [1.54, 1.807) is 18.2 Å². The van der Waals surface area contributed by atoms with E-state index in [-0.39, 0.29) is 0 Å². The Bertz CT molecular complexity index is 587. The minimum Gasteiger partial charge on any atom is -0.246 e. The summed E-state index contributed by atoms with van der Waals surface area (Å²) in [5.74, 6) is 0. The third-order valence-corrected chi connectivity index (χ3v) is 4.35. The molecule has 17 heavy (non-hydrogen) atoms. The van der Waals surface area contributed by atoms with Gasteiger partial charge in [-0.15, -0.1) is 0 Å². The number of nitrogens with zero attached hydrogens (tertiary/aromatic N) is 3. The molecule has 0 amide bonds. The highest BCUT2D eigenvalue weighted by Crippen LogP contribution is 2.30. The predicted octanol–water partition coefficient (Wildman–Crippen LogP) is 0.538. The van der Waals surface area contributed by atoms with E-state index in [2.05, 4.69) is 38.1 Å². The summed E-state index contributed by atoms with van der Waals surface area (Å²) < 4.78 is 14.9. The Kier molecular flexibility index (Phi) is 3.87. The molecule has 1 unspecified atom stereocenters. The lowest BCUT2D eigenvalue weighted by Crippen LogP contribution is -2.17. The van der Waals surface area contributed by atoms with Gasteiger partial charge in [-0.05, 0) is 45.2 Å². The molecule has 9 heteroatoms. The zero-order valence-electron chi connectivity index (χ0n) is 8.72. The van der Waals surface area contributed by atoms with Gasteiger partial charge in [0.25, 0.3) is 0 Å². The average molecular weight is 364 g/mol. The smallest absolute Gasteiger partial charge is 0.246 e. The summed E-state index contributed by atoms with van der Waals surface area (Å²) in [4.78, 5) is 12.2. The highest BCUT2D eigenvalue weighted by atomic mass is 127. The van der Waals surface area contributed by atoms with Crippen LogP contribution in [0.2, 0.25) is 0 Å². The van der Waals surface area contributed by atoms with Gasteiger partial charge in [0.1, 0.15) is 5.40 Å². The highest BCUT2D eigenvalue weighted by Gasteiger charge is 2.12. The molecular formula is C8H7BFIN4OS. The summed E-state index contributed by atoms with van der Waals surface area (Å²) in [6.45, 7) is 0. The molecule has 0 fully saturated rings. The molecule has 1 heterocycles. The summed E-state index contributed by atoms with van der Waals surface area (Å²) >= 11 is 3.16. The molecule has 2 rings (SSSR count). The van der Waals surface area contributed by atoms with Gasteiger partial charge >= 0.3 is 5.69 Å². The molecule has 0 radical (unpaired) electrons. The monoisotopic (exact) mass is 364 g/mol. The molecule has 0 aliphatic carbocycles. The second kappa shape index (κ2) is 5.21. The number of hydrogen-bond donors (Lipinski definition) is 1. The van der Waals surface area contributed by atoms with Crippen LogP contribution in [0.5, 0.6) is 0 Å². The summed E-state index contributed by atoms with van der Waals surface area (Å²) in [6.07, 6.45) is 0. The summed E-state index contributed by atoms with van der Waals surface area (Å²) in [5.41, 5.74) is 0.174. The molecule has 0 aliphatic heterocycles. The van der Waals surface area contributed by atoms with Crippen LogP contribution in [0, 0.1) is 3.57 Å². The van der Waals surface area contributed by atoms with Gasteiger partial charge in [-0.25, -0.2) is 14.3 Å². The number of aromatic amines is 1. The maximum Gasteiger partial charge on any atom is 0.365 e. The van der Waals surface area contributed by atoms with Crippen molar-refractivity contribution in [2.75, 3.05) is 0 Å². The molecule has 0 aliphatic rings. The van der Waals surface area contributed by atoms with Crippen LogP contribution in [0.4, 0.5) is 4.39 Å². The lowest BCUT2D eigenvalue weighted by atomic mass is 10.2. The van der Waals surface area contributed by atoms with E-state index < -0.39 is 11.1 Å². The number of alkyl halides is 1. The third kappa shape index (κ3) is 2.71. The molecule has 1 aromatic heterocycles. The fourth-order valence-corrected chi connectivity index (χ4v) is 2.97. The average Bonchev–Trinajstić information content (AvgIpc) is 2.67. The second-order valence-corrected chi connectivity index (χ2v) is 5.57. The van der Waals surface area contributed by atoms with Gasteiger partial charge in [0.2, 0.25) is 0 Å². The first-order valence-corrected chi connectivity index (χ1v) is 6.65. The van der Waals surface area contributed by atoms with E-state index in [9.17, 15) is 9.18 Å². The minimum absolute atomic E-state index is 0.418. The number of thioether (sulfide) groups is 1. The minimum atomic E-state index is -1.01. The molecular weight excluding hydrogens is 357 g/mol. The number of tetrazole rings is 1. The van der Waals surface area contributed by atoms with Gasteiger partial charge in [-0.3, -0.25) is 0 Å². The molecule has 1 atom stereocenters. The molecule has 0 saturated heterocycles. The van der Waals surface area contributed by atoms with E-state index in [0.717, 1.165) is 24.9 Å². The fourth-order valence-electron chi connectivity index (χ4n) is 1.28. The van der Waals surface area contributed by atoms with Gasteiger partial charge < -0.3 is 0 Å². The van der Waals surface area contributed by atoms with Crippen molar-refractivity contribution in [2.24, 2.45) is 0 Å². The topological polar surface area (TPSA) is 63.6 Å². The van der Waals surface area contributed by atoms with Crippen molar-refractivity contribution in [3.63, 3.8) is 0 Å². The number of halogens is 2. The summed E-state index contributed by atoms with van der Waals surface area (Å²) in [7, 11) is 1.47. The first-order valence-electron chi connectivity index (χ1n) is 4.69. The molecule has 0 spiro atoms. The van der Waals surface area contributed by atoms with Crippen LogP contribution >= 0.6 is 34.4 Å². The zero-order valence-corrected chi connectivity index (χ0v) is 11.7. The van der Waals surface area contributed by atoms with Crippen molar-refractivity contribution in [1.82, 2.24) is 20.2 Å². The van der Waals surface area contributed by atoms with Crippen LogP contribution in [0.1, 0.15) is 0 Å². The van der Waals surface area contributed by atoms with Crippen LogP contribution in [-0.4, -0.2) is 33.5 Å². The Balaban J connectivity index is 2.50. The van der Waals surface area contributed by atoms with Crippen LogP contribution < -0.4 is 5.69 Å². The normalized spacial score (nSPS) is 12.6. The van der Waals surface area contributed by atoms with E-state index in [4.69, 9.17) is 0 Å². The number of hydrogen-bond acceptors (Lipinski definition) is 4. The van der Waals surface area contributed by atoms with Crippen LogP contribution in [0.3, 0.4) is 0 Å². The van der Waals surface area contributed by atoms with Crippen LogP contribution in [0.15, 0.2) is 27.9 Å². The quantitative estimate of drug-likeness (QED) is 0.491. The van der Waals surface area contributed by atoms with E-state index in [0.29, 0.717) is 5.69 Å². The van der Waals surface area contributed by atoms with Crippen LogP contribution in [0.25, 0.3) is 5.69 Å². The van der Waals surface area contributed by atoms with E-state index >= 15 is 0 Å². The van der Waals surface area contributed by atoms with Crippen molar-refractivity contribution in [3.05, 3.63) is 32.3 Å². The molecule has 5 nitrogen and oxygen atoms in total. The number of rotatable bonds is 3. The third-order valence-electron chi connectivity index (χ3n) is 1.93. The number of H-pyrrole nitrogens is 1. The molecule has 2 aromatic rings. The van der Waals surface area contributed by atoms with Crippen molar-refractivity contribution >= 4 is 42.2 Å². The lowest BCUT2D eigenvalue weighted by molar-refractivity contribution is 0.560. The molecule has 88 valence electrons. The maximum absolute atomic E-state index is 13.0. The Hall–Kier alpha value is -0.835. The first kappa shape index (κ1) is 12.6. The molecule has 1 aromatic carbocycles. The van der Waals surface area contributed by atoms with Crippen molar-refractivity contribution in [3.8, 4) is 5.69 Å². The summed E-state index contributed by atoms with van der Waals surface area (Å²) in [5, 5.41) is 8.29. The Morgan fingerprint density at radius 1 is 1.59 bits per heavy atom. The molecule has 0 saturated carbocycles.